The van der Waals surface area contributed by atoms with Gasteiger partial charge in [0.15, 0.2) is 17.5 Å². The largest absolute Gasteiger partial charge is 0.366 e. The zero-order chi connectivity index (χ0) is 29.9. The minimum atomic E-state index is 0.0710. The van der Waals surface area contributed by atoms with Crippen LogP contribution in [-0.4, -0.2) is 19.9 Å². The fraction of sp³-hybridized carbons (Fsp3) is 0.316. The first kappa shape index (κ1) is 27.6. The Bertz CT molecular complexity index is 1720. The lowest BCUT2D eigenvalue weighted by atomic mass is 9.86. The van der Waals surface area contributed by atoms with Crippen molar-refractivity contribution in [2.75, 3.05) is 0 Å². The number of aromatic nitrogens is 4. The number of hydrogen-bond acceptors (Lipinski definition) is 5. The normalized spacial score (nSPS) is 17.7. The summed E-state index contributed by atoms with van der Waals surface area (Å²) in [6.07, 6.45) is 4.61. The van der Waals surface area contributed by atoms with Crippen molar-refractivity contribution < 1.29 is 4.74 Å². The van der Waals surface area contributed by atoms with Crippen LogP contribution in [0.4, 0.5) is 0 Å². The summed E-state index contributed by atoms with van der Waals surface area (Å²) in [7, 11) is 0. The first-order valence-corrected chi connectivity index (χ1v) is 15.3. The molecule has 0 spiro atoms. The van der Waals surface area contributed by atoms with Crippen molar-refractivity contribution in [3.8, 4) is 45.4 Å². The highest BCUT2D eigenvalue weighted by molar-refractivity contribution is 5.69. The Labute approximate surface area is 254 Å². The summed E-state index contributed by atoms with van der Waals surface area (Å²) < 4.78 is 6.11. The molecule has 2 aromatic heterocycles. The van der Waals surface area contributed by atoms with Crippen molar-refractivity contribution in [2.24, 2.45) is 0 Å². The zero-order valence-electron chi connectivity index (χ0n) is 25.8. The van der Waals surface area contributed by atoms with Crippen molar-refractivity contribution in [1.29, 1.82) is 0 Å². The lowest BCUT2D eigenvalue weighted by molar-refractivity contribution is 0.0717. The molecular formula is C38H38N4O. The van der Waals surface area contributed by atoms with E-state index in [4.69, 9.17) is 24.7 Å². The fourth-order valence-electron chi connectivity index (χ4n) is 6.10. The number of benzene rings is 3. The Morgan fingerprint density at radius 3 is 1.49 bits per heavy atom. The monoisotopic (exact) mass is 566 g/mol. The van der Waals surface area contributed by atoms with Gasteiger partial charge in [0.1, 0.15) is 0 Å². The number of ether oxygens (including phenoxy) is 1. The van der Waals surface area contributed by atoms with Crippen LogP contribution in [0.5, 0.6) is 0 Å². The van der Waals surface area contributed by atoms with Gasteiger partial charge in [0.05, 0.1) is 17.9 Å². The van der Waals surface area contributed by atoms with Crippen LogP contribution in [0.2, 0.25) is 0 Å². The van der Waals surface area contributed by atoms with E-state index in [9.17, 15) is 0 Å². The molecule has 5 nitrogen and oxygen atoms in total. The van der Waals surface area contributed by atoms with Crippen LogP contribution in [0.3, 0.4) is 0 Å². The fourth-order valence-corrected chi connectivity index (χ4v) is 6.10. The topological polar surface area (TPSA) is 60.8 Å². The highest BCUT2D eigenvalue weighted by atomic mass is 16.5. The molecule has 2 bridgehead atoms. The first-order valence-electron chi connectivity index (χ1n) is 15.3. The molecule has 1 saturated heterocycles. The van der Waals surface area contributed by atoms with Crippen molar-refractivity contribution in [3.05, 3.63) is 107 Å². The van der Waals surface area contributed by atoms with E-state index >= 15 is 0 Å². The molecule has 2 aliphatic heterocycles. The summed E-state index contributed by atoms with van der Waals surface area (Å²) in [6.45, 7) is 13.3. The smallest absolute Gasteiger partial charge is 0.165 e. The van der Waals surface area contributed by atoms with Gasteiger partial charge in [-0.3, -0.25) is 4.98 Å². The van der Waals surface area contributed by atoms with Gasteiger partial charge in [-0.2, -0.15) is 0 Å². The molecule has 5 heteroatoms. The average Bonchev–Trinajstić information content (AvgIpc) is 3.63. The van der Waals surface area contributed by atoms with Gasteiger partial charge in [-0.1, -0.05) is 102 Å². The third kappa shape index (κ3) is 5.27. The molecule has 2 aliphatic rings. The van der Waals surface area contributed by atoms with Crippen LogP contribution in [0, 0.1) is 0 Å². The Morgan fingerprint density at radius 2 is 1.00 bits per heavy atom. The van der Waals surface area contributed by atoms with E-state index in [1.54, 1.807) is 0 Å². The molecule has 0 aliphatic carbocycles. The van der Waals surface area contributed by atoms with Crippen LogP contribution in [0.1, 0.15) is 88.8 Å². The number of hydrogen-bond donors (Lipinski definition) is 0. The SMILES string of the molecule is CC(C)(C)c1ccc(-c2nc(-c3ccc(C(C)(C)C)cc3)nc(-c3ccc(-c4ccc5c(c4)C4CCC5O4)nc3)n2)cc1. The maximum absolute atomic E-state index is 6.11. The van der Waals surface area contributed by atoms with Gasteiger partial charge in [-0.15, -0.1) is 0 Å². The van der Waals surface area contributed by atoms with E-state index in [1.165, 1.54) is 22.3 Å². The molecule has 0 saturated carbocycles. The Kier molecular flexibility index (Phi) is 6.55. The van der Waals surface area contributed by atoms with Crippen LogP contribution in [0.25, 0.3) is 45.4 Å². The van der Waals surface area contributed by atoms with Gasteiger partial charge in [-0.05, 0) is 64.1 Å². The number of nitrogens with zero attached hydrogens (tertiary/aromatic N) is 4. The molecule has 5 aromatic rings. The van der Waals surface area contributed by atoms with E-state index < -0.39 is 0 Å². The van der Waals surface area contributed by atoms with E-state index in [0.717, 1.165) is 40.8 Å². The standard InChI is InChI=1S/C38H38N4O/c1-37(2,3)27-13-7-23(8-14-27)34-40-35(24-9-15-28(16-10-24)38(4,5)6)42-36(41-34)26-12-18-31(39-22-26)25-11-17-29-30(21-25)33-20-19-32(29)43-33/h7-18,21-22,32-33H,19-20H2,1-6H3. The summed E-state index contributed by atoms with van der Waals surface area (Å²) >= 11 is 0. The van der Waals surface area contributed by atoms with E-state index in [-0.39, 0.29) is 23.0 Å². The molecule has 0 radical (unpaired) electrons. The summed E-state index contributed by atoms with van der Waals surface area (Å²) in [5.41, 5.74) is 10.2. The minimum absolute atomic E-state index is 0.0710. The molecule has 0 N–H and O–H groups in total. The molecule has 43 heavy (non-hydrogen) atoms. The lowest BCUT2D eigenvalue weighted by Crippen LogP contribution is -2.10. The van der Waals surface area contributed by atoms with E-state index in [0.29, 0.717) is 17.5 Å². The molecule has 2 unspecified atom stereocenters. The van der Waals surface area contributed by atoms with Crippen LogP contribution in [0.15, 0.2) is 85.1 Å². The molecular weight excluding hydrogens is 528 g/mol. The molecule has 7 rings (SSSR count). The average molecular weight is 567 g/mol. The maximum atomic E-state index is 6.11. The van der Waals surface area contributed by atoms with Gasteiger partial charge in [0.25, 0.3) is 0 Å². The third-order valence-corrected chi connectivity index (χ3v) is 8.77. The van der Waals surface area contributed by atoms with Crippen LogP contribution >= 0.6 is 0 Å². The van der Waals surface area contributed by atoms with Crippen LogP contribution in [-0.2, 0) is 15.6 Å². The Morgan fingerprint density at radius 1 is 0.535 bits per heavy atom. The van der Waals surface area contributed by atoms with Gasteiger partial charge in [-0.25, -0.2) is 15.0 Å². The second-order valence-corrected chi connectivity index (χ2v) is 13.9. The van der Waals surface area contributed by atoms with Gasteiger partial charge in [0.2, 0.25) is 0 Å². The van der Waals surface area contributed by atoms with Gasteiger partial charge >= 0.3 is 0 Å². The van der Waals surface area contributed by atoms with Gasteiger partial charge < -0.3 is 4.74 Å². The number of pyridine rings is 1. The molecule has 2 atom stereocenters. The molecule has 216 valence electrons. The zero-order valence-corrected chi connectivity index (χ0v) is 25.8. The molecule has 3 aromatic carbocycles. The summed E-state index contributed by atoms with van der Waals surface area (Å²) in [5.74, 6) is 1.91. The second kappa shape index (κ2) is 10.2. The van der Waals surface area contributed by atoms with E-state index in [1.807, 2.05) is 6.20 Å². The predicted molar refractivity (Wildman–Crippen MR) is 173 cm³/mol. The summed E-state index contributed by atoms with van der Waals surface area (Å²) in [5, 5.41) is 0. The molecule has 4 heterocycles. The van der Waals surface area contributed by atoms with Crippen molar-refractivity contribution >= 4 is 0 Å². The van der Waals surface area contributed by atoms with Crippen molar-refractivity contribution in [1.82, 2.24) is 19.9 Å². The number of rotatable bonds is 4. The third-order valence-electron chi connectivity index (χ3n) is 8.77. The van der Waals surface area contributed by atoms with Crippen molar-refractivity contribution in [3.63, 3.8) is 0 Å². The summed E-state index contributed by atoms with van der Waals surface area (Å²) in [4.78, 5) is 19.7. The number of fused-ring (bicyclic) bond motifs is 5. The minimum Gasteiger partial charge on any atom is -0.366 e. The Hall–Kier alpha value is -4.22. The highest BCUT2D eigenvalue weighted by Crippen LogP contribution is 2.51. The van der Waals surface area contributed by atoms with E-state index in [2.05, 4.69) is 120 Å². The van der Waals surface area contributed by atoms with Crippen LogP contribution < -0.4 is 0 Å². The summed E-state index contributed by atoms with van der Waals surface area (Å²) in [6, 6.07) is 27.9. The quantitative estimate of drug-likeness (QED) is 0.217. The predicted octanol–water partition coefficient (Wildman–Crippen LogP) is 9.44. The second-order valence-electron chi connectivity index (χ2n) is 13.9. The van der Waals surface area contributed by atoms with Crippen molar-refractivity contribution in [2.45, 2.75) is 77.4 Å². The highest BCUT2D eigenvalue weighted by Gasteiger charge is 2.37. The lowest BCUT2D eigenvalue weighted by Gasteiger charge is -2.19. The van der Waals surface area contributed by atoms with Gasteiger partial charge in [0, 0.05) is 28.5 Å². The molecule has 1 fully saturated rings. The molecule has 0 amide bonds. The maximum Gasteiger partial charge on any atom is 0.165 e. The first-order chi connectivity index (χ1) is 20.5. The Balaban J connectivity index is 1.26.